The minimum Gasteiger partial charge on any atom is -0.486 e. The highest BCUT2D eigenvalue weighted by molar-refractivity contribution is 8.00. The van der Waals surface area contributed by atoms with Crippen LogP contribution in [0.2, 0.25) is 5.02 Å². The lowest BCUT2D eigenvalue weighted by atomic mass is 10.3. The molecule has 15 heavy (non-hydrogen) atoms. The van der Waals surface area contributed by atoms with Gasteiger partial charge in [-0.05, 0) is 6.07 Å². The van der Waals surface area contributed by atoms with Gasteiger partial charge in [-0.3, -0.25) is 0 Å². The highest BCUT2D eigenvalue weighted by atomic mass is 35.5. The van der Waals surface area contributed by atoms with Crippen molar-refractivity contribution in [1.29, 1.82) is 0 Å². The molecule has 0 atom stereocenters. The van der Waals surface area contributed by atoms with Crippen LogP contribution in [-0.4, -0.2) is 18.5 Å². The van der Waals surface area contributed by atoms with Crippen LogP contribution < -0.4 is 9.47 Å². The van der Waals surface area contributed by atoms with Crippen LogP contribution in [0.5, 0.6) is 11.5 Å². The van der Waals surface area contributed by atoms with Crippen LogP contribution >= 0.6 is 23.4 Å². The lowest BCUT2D eigenvalue weighted by molar-refractivity contribution is 0.171. The summed E-state index contributed by atoms with van der Waals surface area (Å²) in [4.78, 5) is 1.05. The third kappa shape index (κ3) is 2.52. The van der Waals surface area contributed by atoms with Gasteiger partial charge in [-0.2, -0.15) is 0 Å². The highest BCUT2D eigenvalue weighted by Crippen LogP contribution is 2.40. The van der Waals surface area contributed by atoms with Gasteiger partial charge in [-0.25, -0.2) is 0 Å². The van der Waals surface area contributed by atoms with Gasteiger partial charge in [-0.15, -0.1) is 11.8 Å². The molecule has 0 saturated carbocycles. The van der Waals surface area contributed by atoms with Crippen LogP contribution in [0.3, 0.4) is 0 Å². The zero-order chi connectivity index (χ0) is 10.8. The molecule has 0 N–H and O–H groups in total. The fraction of sp³-hybridized carbons (Fsp3) is 0.455. The maximum absolute atomic E-state index is 6.15. The Kier molecular flexibility index (Phi) is 3.32. The van der Waals surface area contributed by atoms with Gasteiger partial charge in [0.2, 0.25) is 0 Å². The predicted octanol–water partition coefficient (Wildman–Crippen LogP) is 3.61. The van der Waals surface area contributed by atoms with E-state index in [1.165, 1.54) is 0 Å². The minimum atomic E-state index is 0.505. The summed E-state index contributed by atoms with van der Waals surface area (Å²) in [5.74, 6) is 1.55. The van der Waals surface area contributed by atoms with Crippen molar-refractivity contribution in [2.45, 2.75) is 24.0 Å². The second kappa shape index (κ2) is 4.54. The van der Waals surface area contributed by atoms with Crippen LogP contribution in [-0.2, 0) is 0 Å². The Labute approximate surface area is 98.9 Å². The van der Waals surface area contributed by atoms with Crippen molar-refractivity contribution in [3.63, 3.8) is 0 Å². The van der Waals surface area contributed by atoms with E-state index in [0.717, 1.165) is 21.4 Å². The summed E-state index contributed by atoms with van der Waals surface area (Å²) in [6, 6.07) is 3.79. The first-order valence-electron chi connectivity index (χ1n) is 4.92. The van der Waals surface area contributed by atoms with Crippen LogP contribution in [0.15, 0.2) is 17.0 Å². The molecular formula is C11H13ClO2S. The van der Waals surface area contributed by atoms with Crippen molar-refractivity contribution in [2.75, 3.05) is 13.2 Å². The molecule has 0 radical (unpaired) electrons. The van der Waals surface area contributed by atoms with E-state index in [4.69, 9.17) is 21.1 Å². The average molecular weight is 245 g/mol. The summed E-state index contributed by atoms with van der Waals surface area (Å²) < 4.78 is 10.9. The van der Waals surface area contributed by atoms with E-state index in [-0.39, 0.29) is 0 Å². The van der Waals surface area contributed by atoms with E-state index in [2.05, 4.69) is 13.8 Å². The molecule has 0 aromatic heterocycles. The lowest BCUT2D eigenvalue weighted by Gasteiger charge is -2.20. The van der Waals surface area contributed by atoms with E-state index < -0.39 is 0 Å². The standard InChI is InChI=1S/C11H13ClO2S/c1-7(2)15-11-6-10-9(5-8(11)12)13-3-4-14-10/h5-7H,3-4H2,1-2H3. The molecule has 4 heteroatoms. The van der Waals surface area contributed by atoms with E-state index >= 15 is 0 Å². The van der Waals surface area contributed by atoms with Gasteiger partial charge in [0.1, 0.15) is 13.2 Å². The summed E-state index contributed by atoms with van der Waals surface area (Å²) in [5.41, 5.74) is 0. The number of thioether (sulfide) groups is 1. The molecule has 0 unspecified atom stereocenters. The molecule has 0 saturated heterocycles. The third-order valence-electron chi connectivity index (χ3n) is 1.96. The van der Waals surface area contributed by atoms with Gasteiger partial charge in [0, 0.05) is 16.2 Å². The Morgan fingerprint density at radius 2 is 1.80 bits per heavy atom. The Balaban J connectivity index is 2.32. The van der Waals surface area contributed by atoms with Gasteiger partial charge in [0.15, 0.2) is 11.5 Å². The lowest BCUT2D eigenvalue weighted by Crippen LogP contribution is -2.15. The molecule has 0 bridgehead atoms. The topological polar surface area (TPSA) is 18.5 Å². The SMILES string of the molecule is CC(C)Sc1cc2c(cc1Cl)OCCO2. The molecule has 1 heterocycles. The molecule has 2 rings (SSSR count). The van der Waals surface area contributed by atoms with Crippen LogP contribution in [0.4, 0.5) is 0 Å². The van der Waals surface area contributed by atoms with Gasteiger partial charge in [-0.1, -0.05) is 25.4 Å². The Morgan fingerprint density at radius 1 is 1.20 bits per heavy atom. The second-order valence-electron chi connectivity index (χ2n) is 3.59. The van der Waals surface area contributed by atoms with E-state index in [1.54, 1.807) is 11.8 Å². The molecule has 1 aliphatic rings. The zero-order valence-corrected chi connectivity index (χ0v) is 10.3. The highest BCUT2D eigenvalue weighted by Gasteiger charge is 2.15. The summed E-state index contributed by atoms with van der Waals surface area (Å²) in [7, 11) is 0. The number of halogens is 1. The maximum atomic E-state index is 6.15. The van der Waals surface area contributed by atoms with E-state index in [9.17, 15) is 0 Å². The van der Waals surface area contributed by atoms with Crippen molar-refractivity contribution in [3.8, 4) is 11.5 Å². The monoisotopic (exact) mass is 244 g/mol. The first-order chi connectivity index (χ1) is 7.16. The predicted molar refractivity (Wildman–Crippen MR) is 63.4 cm³/mol. The van der Waals surface area contributed by atoms with E-state index in [0.29, 0.717) is 18.5 Å². The number of hydrogen-bond acceptors (Lipinski definition) is 3. The number of rotatable bonds is 2. The number of fused-ring (bicyclic) bond motifs is 1. The average Bonchev–Trinajstić information content (AvgIpc) is 2.18. The van der Waals surface area contributed by atoms with Crippen LogP contribution in [0, 0.1) is 0 Å². The van der Waals surface area contributed by atoms with Gasteiger partial charge >= 0.3 is 0 Å². The zero-order valence-electron chi connectivity index (χ0n) is 8.75. The van der Waals surface area contributed by atoms with Crippen LogP contribution in [0.1, 0.15) is 13.8 Å². The fourth-order valence-electron chi connectivity index (χ4n) is 1.39. The largest absolute Gasteiger partial charge is 0.486 e. The van der Waals surface area contributed by atoms with Gasteiger partial charge in [0.05, 0.1) is 5.02 Å². The number of hydrogen-bond donors (Lipinski definition) is 0. The molecular weight excluding hydrogens is 232 g/mol. The molecule has 0 fully saturated rings. The first kappa shape index (κ1) is 11.0. The van der Waals surface area contributed by atoms with Crippen molar-refractivity contribution >= 4 is 23.4 Å². The Morgan fingerprint density at radius 3 is 2.40 bits per heavy atom. The normalized spacial score (nSPS) is 14.4. The molecule has 82 valence electrons. The quantitative estimate of drug-likeness (QED) is 0.741. The smallest absolute Gasteiger partial charge is 0.162 e. The van der Waals surface area contributed by atoms with Crippen molar-refractivity contribution in [2.24, 2.45) is 0 Å². The molecule has 0 amide bonds. The minimum absolute atomic E-state index is 0.505. The van der Waals surface area contributed by atoms with Gasteiger partial charge < -0.3 is 9.47 Å². The van der Waals surface area contributed by atoms with Gasteiger partial charge in [0.25, 0.3) is 0 Å². The van der Waals surface area contributed by atoms with Crippen molar-refractivity contribution in [1.82, 2.24) is 0 Å². The summed E-state index contributed by atoms with van der Waals surface area (Å²) >= 11 is 7.88. The maximum Gasteiger partial charge on any atom is 0.162 e. The molecule has 1 aromatic rings. The molecule has 1 aliphatic heterocycles. The first-order valence-corrected chi connectivity index (χ1v) is 6.18. The number of benzene rings is 1. The molecule has 0 spiro atoms. The second-order valence-corrected chi connectivity index (χ2v) is 5.62. The number of ether oxygens (including phenoxy) is 2. The van der Waals surface area contributed by atoms with E-state index in [1.807, 2.05) is 12.1 Å². The van der Waals surface area contributed by atoms with Crippen molar-refractivity contribution in [3.05, 3.63) is 17.2 Å². The van der Waals surface area contributed by atoms with Crippen LogP contribution in [0.25, 0.3) is 0 Å². The Hall–Kier alpha value is -0.540. The Bertz CT molecular complexity index is 366. The third-order valence-corrected chi connectivity index (χ3v) is 3.45. The molecule has 1 aromatic carbocycles. The summed E-state index contributed by atoms with van der Waals surface area (Å²) in [5, 5.41) is 1.24. The summed E-state index contributed by atoms with van der Waals surface area (Å²) in [6.07, 6.45) is 0. The molecule has 0 aliphatic carbocycles. The fourth-order valence-corrected chi connectivity index (χ4v) is 2.53. The summed E-state index contributed by atoms with van der Waals surface area (Å²) in [6.45, 7) is 5.48. The van der Waals surface area contributed by atoms with Crippen molar-refractivity contribution < 1.29 is 9.47 Å². The molecule has 2 nitrogen and oxygen atoms in total.